The topological polar surface area (TPSA) is 105 Å². The number of nitrogens with two attached hydrogens (primary N) is 1. The summed E-state index contributed by atoms with van der Waals surface area (Å²) in [5.74, 6) is 2.51. The van der Waals surface area contributed by atoms with E-state index in [1.165, 1.54) is 0 Å². The second-order valence-electron chi connectivity index (χ2n) is 6.69. The van der Waals surface area contributed by atoms with Crippen LogP contribution in [-0.4, -0.2) is 66.1 Å². The van der Waals surface area contributed by atoms with E-state index in [1.54, 1.807) is 23.8 Å². The third-order valence-electron chi connectivity index (χ3n) is 4.61. The van der Waals surface area contributed by atoms with Crippen molar-refractivity contribution in [1.82, 2.24) is 19.7 Å². The largest absolute Gasteiger partial charge is 0.493 e. The smallest absolute Gasteiger partial charge is 0.244 e. The van der Waals surface area contributed by atoms with E-state index in [0.717, 1.165) is 5.56 Å². The molecule has 0 bridgehead atoms. The third-order valence-corrected chi connectivity index (χ3v) is 4.61. The Bertz CT molecular complexity index is 815. The summed E-state index contributed by atoms with van der Waals surface area (Å²) < 4.78 is 17.5. The van der Waals surface area contributed by atoms with Crippen molar-refractivity contribution in [3.8, 4) is 11.5 Å². The maximum atomic E-state index is 12.6. The number of benzene rings is 1. The van der Waals surface area contributed by atoms with Crippen LogP contribution in [0.15, 0.2) is 18.2 Å². The Morgan fingerprint density at radius 1 is 1.25 bits per heavy atom. The van der Waals surface area contributed by atoms with Gasteiger partial charge in [-0.2, -0.15) is 5.10 Å². The zero-order valence-corrected chi connectivity index (χ0v) is 16.6. The SMILES string of the molecule is COc1ccc(Cc2nc([C@@H](C)N)n(CC(=O)N3CCOCC3)n2)cc1OC. The van der Waals surface area contributed by atoms with Crippen molar-refractivity contribution in [2.75, 3.05) is 40.5 Å². The van der Waals surface area contributed by atoms with Gasteiger partial charge in [0.05, 0.1) is 33.5 Å². The molecule has 1 fully saturated rings. The number of aromatic nitrogens is 3. The maximum absolute atomic E-state index is 12.6. The van der Waals surface area contributed by atoms with Gasteiger partial charge in [0.2, 0.25) is 5.91 Å². The zero-order valence-electron chi connectivity index (χ0n) is 16.6. The van der Waals surface area contributed by atoms with Gasteiger partial charge in [-0.3, -0.25) is 4.79 Å². The van der Waals surface area contributed by atoms with Crippen molar-refractivity contribution in [1.29, 1.82) is 0 Å². The van der Waals surface area contributed by atoms with E-state index in [-0.39, 0.29) is 18.5 Å². The Morgan fingerprint density at radius 3 is 2.61 bits per heavy atom. The lowest BCUT2D eigenvalue weighted by Crippen LogP contribution is -2.42. The Hall–Kier alpha value is -2.65. The molecule has 9 nitrogen and oxygen atoms in total. The highest BCUT2D eigenvalue weighted by Gasteiger charge is 2.21. The first-order valence-corrected chi connectivity index (χ1v) is 9.27. The first kappa shape index (κ1) is 20.1. The van der Waals surface area contributed by atoms with Gasteiger partial charge in [-0.05, 0) is 24.6 Å². The van der Waals surface area contributed by atoms with Gasteiger partial charge in [0.1, 0.15) is 12.4 Å². The van der Waals surface area contributed by atoms with Crippen LogP contribution in [0.25, 0.3) is 0 Å². The predicted molar refractivity (Wildman–Crippen MR) is 102 cm³/mol. The fourth-order valence-electron chi connectivity index (χ4n) is 3.15. The molecular weight excluding hydrogens is 362 g/mol. The van der Waals surface area contributed by atoms with Gasteiger partial charge in [0.15, 0.2) is 17.3 Å². The van der Waals surface area contributed by atoms with Crippen molar-refractivity contribution in [2.24, 2.45) is 5.73 Å². The van der Waals surface area contributed by atoms with Gasteiger partial charge in [0.25, 0.3) is 0 Å². The molecule has 1 aliphatic rings. The van der Waals surface area contributed by atoms with Crippen molar-refractivity contribution < 1.29 is 19.0 Å². The van der Waals surface area contributed by atoms with Crippen LogP contribution in [0.4, 0.5) is 0 Å². The summed E-state index contributed by atoms with van der Waals surface area (Å²) in [4.78, 5) is 18.9. The van der Waals surface area contributed by atoms with Crippen molar-refractivity contribution in [3.63, 3.8) is 0 Å². The van der Waals surface area contributed by atoms with Crippen LogP contribution in [0.5, 0.6) is 11.5 Å². The van der Waals surface area contributed by atoms with Gasteiger partial charge in [-0.15, -0.1) is 0 Å². The van der Waals surface area contributed by atoms with Gasteiger partial charge in [-0.1, -0.05) is 6.07 Å². The molecule has 0 radical (unpaired) electrons. The number of methoxy groups -OCH3 is 2. The highest BCUT2D eigenvalue weighted by Crippen LogP contribution is 2.28. The normalized spacial score (nSPS) is 15.4. The molecule has 2 heterocycles. The molecule has 1 aromatic heterocycles. The predicted octanol–water partition coefficient (Wildman–Crippen LogP) is 0.765. The summed E-state index contributed by atoms with van der Waals surface area (Å²) >= 11 is 0. The molecular formula is C19H27N5O4. The fourth-order valence-corrected chi connectivity index (χ4v) is 3.15. The number of carbonyl (C=O) groups is 1. The second-order valence-corrected chi connectivity index (χ2v) is 6.69. The molecule has 1 aromatic carbocycles. The molecule has 1 atom stereocenters. The third kappa shape index (κ3) is 4.60. The molecule has 28 heavy (non-hydrogen) atoms. The monoisotopic (exact) mass is 389 g/mol. The molecule has 0 saturated carbocycles. The van der Waals surface area contributed by atoms with Gasteiger partial charge in [0, 0.05) is 19.5 Å². The molecule has 2 aromatic rings. The van der Waals surface area contributed by atoms with Crippen molar-refractivity contribution in [2.45, 2.75) is 25.9 Å². The molecule has 0 aliphatic carbocycles. The lowest BCUT2D eigenvalue weighted by atomic mass is 10.1. The summed E-state index contributed by atoms with van der Waals surface area (Å²) in [5.41, 5.74) is 7.03. The quantitative estimate of drug-likeness (QED) is 0.745. The van der Waals surface area contributed by atoms with Crippen molar-refractivity contribution in [3.05, 3.63) is 35.4 Å². The lowest BCUT2D eigenvalue weighted by Gasteiger charge is -2.27. The summed E-state index contributed by atoms with van der Waals surface area (Å²) in [6, 6.07) is 5.35. The Labute approximate surface area is 164 Å². The minimum absolute atomic E-state index is 0.00670. The van der Waals surface area contributed by atoms with Crippen LogP contribution in [0.1, 0.15) is 30.2 Å². The minimum Gasteiger partial charge on any atom is -0.493 e. The summed E-state index contributed by atoms with van der Waals surface area (Å²) in [5, 5.41) is 4.53. The van der Waals surface area contributed by atoms with Crippen LogP contribution in [0, 0.1) is 0 Å². The van der Waals surface area contributed by atoms with Crippen molar-refractivity contribution >= 4 is 5.91 Å². The van der Waals surface area contributed by atoms with Crippen LogP contribution < -0.4 is 15.2 Å². The number of amides is 1. The molecule has 2 N–H and O–H groups in total. The summed E-state index contributed by atoms with van der Waals surface area (Å²) in [6.07, 6.45) is 0.499. The van der Waals surface area contributed by atoms with E-state index in [9.17, 15) is 4.79 Å². The Balaban J connectivity index is 1.77. The number of morpholine rings is 1. The van der Waals surface area contributed by atoms with E-state index in [4.69, 9.17) is 19.9 Å². The highest BCUT2D eigenvalue weighted by atomic mass is 16.5. The number of carbonyl (C=O) groups excluding carboxylic acids is 1. The van der Waals surface area contributed by atoms with E-state index in [0.29, 0.717) is 55.9 Å². The average Bonchev–Trinajstić information content (AvgIpc) is 3.10. The standard InChI is InChI=1S/C19H27N5O4/c1-13(20)19-21-17(11-14-4-5-15(26-2)16(10-14)27-3)22-24(19)12-18(25)23-6-8-28-9-7-23/h4-5,10,13H,6-9,11-12,20H2,1-3H3/t13-/m1/s1. The number of ether oxygens (including phenoxy) is 3. The van der Waals surface area contributed by atoms with Gasteiger partial charge in [-0.25, -0.2) is 9.67 Å². The molecule has 9 heteroatoms. The first-order valence-electron chi connectivity index (χ1n) is 9.27. The van der Waals surface area contributed by atoms with Crippen LogP contribution in [0.2, 0.25) is 0 Å². The molecule has 1 aliphatic heterocycles. The zero-order chi connectivity index (χ0) is 20.1. The van der Waals surface area contributed by atoms with Gasteiger partial charge < -0.3 is 24.8 Å². The summed E-state index contributed by atoms with van der Waals surface area (Å²) in [6.45, 7) is 4.27. The number of rotatable bonds is 7. The molecule has 3 rings (SSSR count). The number of hydrogen-bond acceptors (Lipinski definition) is 7. The van der Waals surface area contributed by atoms with E-state index >= 15 is 0 Å². The summed E-state index contributed by atoms with van der Waals surface area (Å²) in [7, 11) is 3.20. The molecule has 0 unspecified atom stereocenters. The van der Waals surface area contributed by atoms with E-state index in [2.05, 4.69) is 10.1 Å². The average molecular weight is 389 g/mol. The van der Waals surface area contributed by atoms with Crippen LogP contribution in [0.3, 0.4) is 0 Å². The number of nitrogens with zero attached hydrogens (tertiary/aromatic N) is 4. The van der Waals surface area contributed by atoms with E-state index in [1.807, 2.05) is 25.1 Å². The Kier molecular flexibility index (Phi) is 6.48. The minimum atomic E-state index is -0.329. The second kappa shape index (κ2) is 9.03. The first-order chi connectivity index (χ1) is 13.5. The lowest BCUT2D eigenvalue weighted by molar-refractivity contribution is -0.136. The number of hydrogen-bond donors (Lipinski definition) is 1. The molecule has 1 amide bonds. The fraction of sp³-hybridized carbons (Fsp3) is 0.526. The van der Waals surface area contributed by atoms with Crippen LogP contribution in [-0.2, 0) is 22.5 Å². The Morgan fingerprint density at radius 2 is 1.96 bits per heavy atom. The molecule has 0 spiro atoms. The van der Waals surface area contributed by atoms with Gasteiger partial charge >= 0.3 is 0 Å². The highest BCUT2D eigenvalue weighted by molar-refractivity contribution is 5.76. The van der Waals surface area contributed by atoms with Crippen LogP contribution >= 0.6 is 0 Å². The maximum Gasteiger partial charge on any atom is 0.244 e. The molecule has 152 valence electrons. The van der Waals surface area contributed by atoms with E-state index < -0.39 is 0 Å². The molecule has 1 saturated heterocycles.